The molecule has 0 saturated heterocycles. The molecule has 0 bridgehead atoms. The third-order valence-electron chi connectivity index (χ3n) is 2.38. The van der Waals surface area contributed by atoms with Crippen LogP contribution >= 0.6 is 11.3 Å². The standard InChI is InChI=1S/C11H6FN3OS/c12-9-2-1-7(5-13-9)8-6-14-11-15(10(8)16)3-4-17-11/h1-6H. The second kappa shape index (κ2) is 3.74. The molecule has 3 heterocycles. The fraction of sp³-hybridized carbons (Fsp3) is 0. The van der Waals surface area contributed by atoms with E-state index in [1.54, 1.807) is 11.6 Å². The van der Waals surface area contributed by atoms with Crippen molar-refractivity contribution < 1.29 is 4.39 Å². The van der Waals surface area contributed by atoms with Crippen molar-refractivity contribution in [3.05, 3.63) is 52.4 Å². The highest BCUT2D eigenvalue weighted by atomic mass is 32.1. The number of halogens is 1. The number of pyridine rings is 1. The average molecular weight is 247 g/mol. The van der Waals surface area contributed by atoms with Crippen LogP contribution in [0.5, 0.6) is 0 Å². The van der Waals surface area contributed by atoms with Crippen LogP contribution in [0.15, 0.2) is 40.9 Å². The summed E-state index contributed by atoms with van der Waals surface area (Å²) < 4.78 is 14.2. The SMILES string of the molecule is O=c1c(-c2ccc(F)nc2)cnc2sccn12. The van der Waals surface area contributed by atoms with Crippen LogP contribution in [-0.2, 0) is 0 Å². The molecule has 0 amide bonds. The number of nitrogens with zero attached hydrogens (tertiary/aromatic N) is 3. The van der Waals surface area contributed by atoms with Crippen LogP contribution in [0.2, 0.25) is 0 Å². The van der Waals surface area contributed by atoms with Gasteiger partial charge in [0.05, 0.1) is 5.56 Å². The number of rotatable bonds is 1. The Hall–Kier alpha value is -2.08. The summed E-state index contributed by atoms with van der Waals surface area (Å²) in [5.41, 5.74) is 0.794. The lowest BCUT2D eigenvalue weighted by atomic mass is 10.1. The summed E-state index contributed by atoms with van der Waals surface area (Å²) >= 11 is 1.38. The first-order valence-corrected chi connectivity index (χ1v) is 5.70. The lowest BCUT2D eigenvalue weighted by Gasteiger charge is -2.00. The summed E-state index contributed by atoms with van der Waals surface area (Å²) in [5, 5.41) is 1.79. The Morgan fingerprint density at radius 2 is 2.12 bits per heavy atom. The highest BCUT2D eigenvalue weighted by molar-refractivity contribution is 7.15. The summed E-state index contributed by atoms with van der Waals surface area (Å²) in [6.07, 6.45) is 4.48. The Kier molecular flexibility index (Phi) is 2.22. The molecule has 0 fully saturated rings. The van der Waals surface area contributed by atoms with Crippen molar-refractivity contribution in [1.29, 1.82) is 0 Å². The van der Waals surface area contributed by atoms with Crippen LogP contribution < -0.4 is 5.56 Å². The van der Waals surface area contributed by atoms with Gasteiger partial charge in [0.15, 0.2) is 4.96 Å². The quantitative estimate of drug-likeness (QED) is 0.617. The molecular formula is C11H6FN3OS. The van der Waals surface area contributed by atoms with Gasteiger partial charge in [0.2, 0.25) is 5.95 Å². The van der Waals surface area contributed by atoms with Gasteiger partial charge in [0.25, 0.3) is 5.56 Å². The molecule has 3 aromatic heterocycles. The van der Waals surface area contributed by atoms with Gasteiger partial charge in [-0.15, -0.1) is 11.3 Å². The molecule has 3 rings (SSSR count). The van der Waals surface area contributed by atoms with E-state index < -0.39 is 5.95 Å². The van der Waals surface area contributed by atoms with Crippen LogP contribution in [0, 0.1) is 5.95 Å². The van der Waals surface area contributed by atoms with Crippen molar-refractivity contribution >= 4 is 16.3 Å². The first kappa shape index (κ1) is 10.1. The fourth-order valence-electron chi connectivity index (χ4n) is 1.56. The predicted molar refractivity (Wildman–Crippen MR) is 62.5 cm³/mol. The number of aromatic nitrogens is 3. The molecule has 0 radical (unpaired) electrons. The molecule has 0 aliphatic carbocycles. The second-order valence-corrected chi connectivity index (χ2v) is 4.28. The van der Waals surface area contributed by atoms with Gasteiger partial charge in [0.1, 0.15) is 0 Å². The molecule has 0 unspecified atom stereocenters. The van der Waals surface area contributed by atoms with Crippen LogP contribution in [0.25, 0.3) is 16.1 Å². The van der Waals surface area contributed by atoms with Crippen LogP contribution in [0.3, 0.4) is 0 Å². The summed E-state index contributed by atoms with van der Waals surface area (Å²) in [4.78, 5) is 20.4. The molecule has 3 aromatic rings. The van der Waals surface area contributed by atoms with Crippen molar-refractivity contribution in [3.63, 3.8) is 0 Å². The molecular weight excluding hydrogens is 241 g/mol. The molecule has 84 valence electrons. The highest BCUT2D eigenvalue weighted by Crippen LogP contribution is 2.15. The van der Waals surface area contributed by atoms with E-state index in [-0.39, 0.29) is 5.56 Å². The van der Waals surface area contributed by atoms with Crippen molar-refractivity contribution in [2.24, 2.45) is 0 Å². The van der Waals surface area contributed by atoms with E-state index in [2.05, 4.69) is 9.97 Å². The third kappa shape index (κ3) is 1.62. The Bertz CT molecular complexity index is 732. The average Bonchev–Trinajstić information content (AvgIpc) is 2.80. The minimum Gasteiger partial charge on any atom is -0.268 e. The second-order valence-electron chi connectivity index (χ2n) is 3.40. The van der Waals surface area contributed by atoms with E-state index in [4.69, 9.17) is 0 Å². The summed E-state index contributed by atoms with van der Waals surface area (Å²) in [6, 6.07) is 2.73. The minimum atomic E-state index is -0.571. The maximum Gasteiger partial charge on any atom is 0.266 e. The third-order valence-corrected chi connectivity index (χ3v) is 3.15. The van der Waals surface area contributed by atoms with E-state index in [1.165, 1.54) is 40.3 Å². The van der Waals surface area contributed by atoms with Gasteiger partial charge < -0.3 is 0 Å². The zero-order valence-corrected chi connectivity index (χ0v) is 9.32. The molecule has 4 nitrogen and oxygen atoms in total. The van der Waals surface area contributed by atoms with Crippen LogP contribution in [0.1, 0.15) is 0 Å². The maximum atomic E-state index is 12.7. The lowest BCUT2D eigenvalue weighted by Crippen LogP contribution is -2.14. The molecule has 6 heteroatoms. The molecule has 0 aliphatic rings. The molecule has 0 saturated carbocycles. The largest absolute Gasteiger partial charge is 0.268 e. The number of thiazole rings is 1. The van der Waals surface area contributed by atoms with Gasteiger partial charge in [-0.25, -0.2) is 9.97 Å². The number of fused-ring (bicyclic) bond motifs is 1. The van der Waals surface area contributed by atoms with Gasteiger partial charge in [-0.3, -0.25) is 9.20 Å². The number of hydrogen-bond acceptors (Lipinski definition) is 4. The van der Waals surface area contributed by atoms with E-state index >= 15 is 0 Å². The van der Waals surface area contributed by atoms with E-state index in [9.17, 15) is 9.18 Å². The molecule has 0 N–H and O–H groups in total. The molecule has 0 spiro atoms. The van der Waals surface area contributed by atoms with E-state index in [0.29, 0.717) is 16.1 Å². The molecule has 17 heavy (non-hydrogen) atoms. The van der Waals surface area contributed by atoms with Crippen molar-refractivity contribution in [3.8, 4) is 11.1 Å². The summed E-state index contributed by atoms with van der Waals surface area (Å²) in [7, 11) is 0. The summed E-state index contributed by atoms with van der Waals surface area (Å²) in [6.45, 7) is 0. The molecule has 0 aromatic carbocycles. The first-order chi connectivity index (χ1) is 8.25. The van der Waals surface area contributed by atoms with Crippen LogP contribution in [0.4, 0.5) is 4.39 Å². The maximum absolute atomic E-state index is 12.7. The zero-order chi connectivity index (χ0) is 11.8. The Labute approximate surface area is 99.0 Å². The van der Waals surface area contributed by atoms with E-state index in [0.717, 1.165) is 0 Å². The zero-order valence-electron chi connectivity index (χ0n) is 8.50. The van der Waals surface area contributed by atoms with Crippen LogP contribution in [-0.4, -0.2) is 14.4 Å². The van der Waals surface area contributed by atoms with Gasteiger partial charge >= 0.3 is 0 Å². The molecule has 0 atom stereocenters. The van der Waals surface area contributed by atoms with Crippen molar-refractivity contribution in [2.45, 2.75) is 0 Å². The Morgan fingerprint density at radius 3 is 2.88 bits per heavy atom. The highest BCUT2D eigenvalue weighted by Gasteiger charge is 2.08. The van der Waals surface area contributed by atoms with Crippen molar-refractivity contribution in [1.82, 2.24) is 14.4 Å². The Morgan fingerprint density at radius 1 is 1.24 bits per heavy atom. The number of hydrogen-bond donors (Lipinski definition) is 0. The van der Waals surface area contributed by atoms with Gasteiger partial charge in [-0.1, -0.05) is 0 Å². The van der Waals surface area contributed by atoms with Crippen molar-refractivity contribution in [2.75, 3.05) is 0 Å². The minimum absolute atomic E-state index is 0.176. The Balaban J connectivity index is 2.27. The van der Waals surface area contributed by atoms with Gasteiger partial charge in [-0.2, -0.15) is 4.39 Å². The lowest BCUT2D eigenvalue weighted by molar-refractivity contribution is 0.584. The molecule has 0 aliphatic heterocycles. The smallest absolute Gasteiger partial charge is 0.266 e. The van der Waals surface area contributed by atoms with Gasteiger partial charge in [-0.05, 0) is 12.1 Å². The topological polar surface area (TPSA) is 47.3 Å². The van der Waals surface area contributed by atoms with Gasteiger partial charge in [0, 0.05) is 29.5 Å². The summed E-state index contributed by atoms with van der Waals surface area (Å²) in [5.74, 6) is -0.571. The van der Waals surface area contributed by atoms with E-state index in [1.807, 2.05) is 0 Å². The monoisotopic (exact) mass is 247 g/mol. The fourth-order valence-corrected chi connectivity index (χ4v) is 2.23. The normalized spacial score (nSPS) is 10.9. The first-order valence-electron chi connectivity index (χ1n) is 4.82. The predicted octanol–water partition coefficient (Wildman–Crippen LogP) is 1.96.